The van der Waals surface area contributed by atoms with Gasteiger partial charge in [0.15, 0.2) is 0 Å². The SMILES string of the molecule is Cc1ccc(CCN(C)C(=O)C2(CN)CC2)cc1. The van der Waals surface area contributed by atoms with Crippen molar-refractivity contribution in [3.05, 3.63) is 35.4 Å². The Morgan fingerprint density at radius 2 is 1.94 bits per heavy atom. The predicted molar refractivity (Wildman–Crippen MR) is 73.2 cm³/mol. The van der Waals surface area contributed by atoms with Crippen molar-refractivity contribution in [1.82, 2.24) is 4.90 Å². The Morgan fingerprint density at radius 1 is 1.33 bits per heavy atom. The number of nitrogens with zero attached hydrogens (tertiary/aromatic N) is 1. The molecular formula is C15H22N2O. The molecule has 1 fully saturated rings. The maximum absolute atomic E-state index is 12.2. The summed E-state index contributed by atoms with van der Waals surface area (Å²) >= 11 is 0. The Hall–Kier alpha value is -1.35. The summed E-state index contributed by atoms with van der Waals surface area (Å²) in [6.07, 6.45) is 2.82. The zero-order valence-corrected chi connectivity index (χ0v) is 11.3. The van der Waals surface area contributed by atoms with Gasteiger partial charge in [0.1, 0.15) is 0 Å². The van der Waals surface area contributed by atoms with E-state index in [1.807, 2.05) is 11.9 Å². The highest BCUT2D eigenvalue weighted by atomic mass is 16.2. The van der Waals surface area contributed by atoms with E-state index in [2.05, 4.69) is 31.2 Å². The van der Waals surface area contributed by atoms with Gasteiger partial charge in [-0.3, -0.25) is 4.79 Å². The molecule has 18 heavy (non-hydrogen) atoms. The van der Waals surface area contributed by atoms with Crippen molar-refractivity contribution in [1.29, 1.82) is 0 Å². The minimum absolute atomic E-state index is 0.220. The van der Waals surface area contributed by atoms with Crippen molar-refractivity contribution in [3.63, 3.8) is 0 Å². The molecule has 2 N–H and O–H groups in total. The molecule has 0 unspecified atom stereocenters. The van der Waals surface area contributed by atoms with E-state index in [9.17, 15) is 4.79 Å². The molecule has 0 aromatic heterocycles. The lowest BCUT2D eigenvalue weighted by Gasteiger charge is -2.22. The molecule has 1 aromatic rings. The van der Waals surface area contributed by atoms with Gasteiger partial charge >= 0.3 is 0 Å². The zero-order chi connectivity index (χ0) is 13.2. The Labute approximate surface area is 109 Å². The van der Waals surface area contributed by atoms with Crippen LogP contribution >= 0.6 is 0 Å². The number of rotatable bonds is 5. The van der Waals surface area contributed by atoms with E-state index in [0.29, 0.717) is 6.54 Å². The molecule has 0 heterocycles. The van der Waals surface area contributed by atoms with Gasteiger partial charge in [0, 0.05) is 20.1 Å². The van der Waals surface area contributed by atoms with Crippen LogP contribution in [0.2, 0.25) is 0 Å². The standard InChI is InChI=1S/C15H22N2O/c1-12-3-5-13(6-4-12)7-10-17(2)14(18)15(11-16)8-9-15/h3-6H,7-11,16H2,1-2H3. The molecule has 98 valence electrons. The van der Waals surface area contributed by atoms with E-state index in [4.69, 9.17) is 5.73 Å². The number of amides is 1. The zero-order valence-electron chi connectivity index (χ0n) is 11.3. The van der Waals surface area contributed by atoms with Gasteiger partial charge in [0.2, 0.25) is 5.91 Å². The minimum Gasteiger partial charge on any atom is -0.345 e. The molecule has 3 nitrogen and oxygen atoms in total. The van der Waals surface area contributed by atoms with Gasteiger partial charge in [-0.25, -0.2) is 0 Å². The average Bonchev–Trinajstić information content (AvgIpc) is 3.18. The van der Waals surface area contributed by atoms with Crippen LogP contribution in [0, 0.1) is 12.3 Å². The fraction of sp³-hybridized carbons (Fsp3) is 0.533. The molecule has 1 aliphatic rings. The number of benzene rings is 1. The fourth-order valence-corrected chi connectivity index (χ4v) is 2.21. The van der Waals surface area contributed by atoms with Crippen LogP contribution in [0.25, 0.3) is 0 Å². The van der Waals surface area contributed by atoms with Gasteiger partial charge < -0.3 is 10.6 Å². The highest BCUT2D eigenvalue weighted by Gasteiger charge is 2.49. The molecule has 0 atom stereocenters. The Kier molecular flexibility index (Phi) is 3.71. The average molecular weight is 246 g/mol. The normalized spacial score (nSPS) is 16.4. The highest BCUT2D eigenvalue weighted by Crippen LogP contribution is 2.45. The van der Waals surface area contributed by atoms with E-state index in [1.165, 1.54) is 11.1 Å². The Morgan fingerprint density at radius 3 is 2.44 bits per heavy atom. The maximum atomic E-state index is 12.2. The molecule has 0 bridgehead atoms. The van der Waals surface area contributed by atoms with Gasteiger partial charge in [0.05, 0.1) is 5.41 Å². The second-order valence-corrected chi connectivity index (χ2v) is 5.45. The number of hydrogen-bond acceptors (Lipinski definition) is 2. The number of carbonyl (C=O) groups is 1. The molecule has 1 aromatic carbocycles. The quantitative estimate of drug-likeness (QED) is 0.860. The van der Waals surface area contributed by atoms with Gasteiger partial charge in [-0.2, -0.15) is 0 Å². The molecule has 1 amide bonds. The summed E-state index contributed by atoms with van der Waals surface area (Å²) in [7, 11) is 1.88. The molecular weight excluding hydrogens is 224 g/mol. The fourth-order valence-electron chi connectivity index (χ4n) is 2.21. The van der Waals surface area contributed by atoms with Crippen LogP contribution < -0.4 is 5.73 Å². The van der Waals surface area contributed by atoms with E-state index in [1.54, 1.807) is 0 Å². The molecule has 3 heteroatoms. The van der Waals surface area contributed by atoms with Crippen LogP contribution in [0.4, 0.5) is 0 Å². The lowest BCUT2D eigenvalue weighted by molar-refractivity contribution is -0.135. The first-order chi connectivity index (χ1) is 8.57. The van der Waals surface area contributed by atoms with Gasteiger partial charge in [-0.15, -0.1) is 0 Å². The molecule has 2 rings (SSSR count). The largest absolute Gasteiger partial charge is 0.345 e. The van der Waals surface area contributed by atoms with Crippen LogP contribution in [0.15, 0.2) is 24.3 Å². The number of hydrogen-bond donors (Lipinski definition) is 1. The summed E-state index contributed by atoms with van der Waals surface area (Å²) in [5.74, 6) is 0.220. The van der Waals surface area contributed by atoms with Gasteiger partial charge in [-0.05, 0) is 31.7 Å². The van der Waals surface area contributed by atoms with Crippen molar-refractivity contribution in [2.75, 3.05) is 20.1 Å². The molecule has 0 aliphatic heterocycles. The lowest BCUT2D eigenvalue weighted by atomic mass is 10.1. The Bertz CT molecular complexity index is 421. The number of likely N-dealkylation sites (N-methyl/N-ethyl adjacent to an activating group) is 1. The van der Waals surface area contributed by atoms with Crippen LogP contribution in [-0.4, -0.2) is 30.9 Å². The summed E-state index contributed by atoms with van der Waals surface area (Å²) in [4.78, 5) is 14.0. The monoisotopic (exact) mass is 246 g/mol. The highest BCUT2D eigenvalue weighted by molar-refractivity contribution is 5.85. The van der Waals surface area contributed by atoms with Gasteiger partial charge in [0.25, 0.3) is 0 Å². The first kappa shape index (κ1) is 13.1. The van der Waals surface area contributed by atoms with Crippen molar-refractivity contribution in [2.45, 2.75) is 26.2 Å². The predicted octanol–water partition coefficient (Wildman–Crippen LogP) is 1.73. The van der Waals surface area contributed by atoms with Crippen LogP contribution in [0.5, 0.6) is 0 Å². The molecule has 1 saturated carbocycles. The minimum atomic E-state index is -0.220. The van der Waals surface area contributed by atoms with Crippen molar-refractivity contribution in [2.24, 2.45) is 11.1 Å². The topological polar surface area (TPSA) is 46.3 Å². The third-order valence-electron chi connectivity index (χ3n) is 3.90. The van der Waals surface area contributed by atoms with E-state index >= 15 is 0 Å². The summed E-state index contributed by atoms with van der Waals surface area (Å²) in [5.41, 5.74) is 8.01. The molecule has 0 radical (unpaired) electrons. The smallest absolute Gasteiger partial charge is 0.229 e. The second kappa shape index (κ2) is 5.11. The molecule has 0 saturated heterocycles. The number of carbonyl (C=O) groups excluding carboxylic acids is 1. The summed E-state index contributed by atoms with van der Waals surface area (Å²) in [6.45, 7) is 3.34. The lowest BCUT2D eigenvalue weighted by Crippen LogP contribution is -2.39. The molecule has 1 aliphatic carbocycles. The molecule has 0 spiro atoms. The summed E-state index contributed by atoms with van der Waals surface area (Å²) in [5, 5.41) is 0. The van der Waals surface area contributed by atoms with Crippen molar-refractivity contribution < 1.29 is 4.79 Å². The van der Waals surface area contributed by atoms with Crippen LogP contribution in [0.3, 0.4) is 0 Å². The van der Waals surface area contributed by atoms with E-state index in [-0.39, 0.29) is 11.3 Å². The summed E-state index contributed by atoms with van der Waals surface area (Å²) < 4.78 is 0. The first-order valence-electron chi connectivity index (χ1n) is 6.59. The number of aryl methyl sites for hydroxylation is 1. The summed E-state index contributed by atoms with van der Waals surface area (Å²) in [6, 6.07) is 8.48. The first-order valence-corrected chi connectivity index (χ1v) is 6.59. The van der Waals surface area contributed by atoms with Gasteiger partial charge in [-0.1, -0.05) is 29.8 Å². The van der Waals surface area contributed by atoms with E-state index < -0.39 is 0 Å². The third kappa shape index (κ3) is 2.72. The van der Waals surface area contributed by atoms with Crippen LogP contribution in [0.1, 0.15) is 24.0 Å². The third-order valence-corrected chi connectivity index (χ3v) is 3.90. The maximum Gasteiger partial charge on any atom is 0.229 e. The van der Waals surface area contributed by atoms with E-state index in [0.717, 1.165) is 25.8 Å². The van der Waals surface area contributed by atoms with Crippen molar-refractivity contribution in [3.8, 4) is 0 Å². The Balaban J connectivity index is 1.86. The number of nitrogens with two attached hydrogens (primary N) is 1. The second-order valence-electron chi connectivity index (χ2n) is 5.45. The van der Waals surface area contributed by atoms with Crippen molar-refractivity contribution >= 4 is 5.91 Å². The van der Waals surface area contributed by atoms with Crippen LogP contribution in [-0.2, 0) is 11.2 Å².